The average molecular weight is 263 g/mol. The smallest absolute Gasteiger partial charge is 0.239 e. The van der Waals surface area contributed by atoms with Crippen LogP contribution in [-0.4, -0.2) is 25.0 Å². The summed E-state index contributed by atoms with van der Waals surface area (Å²) < 4.78 is 0. The highest BCUT2D eigenvalue weighted by molar-refractivity contribution is 5.82. The van der Waals surface area contributed by atoms with Gasteiger partial charge in [-0.25, -0.2) is 0 Å². The molecule has 0 saturated carbocycles. The molecular weight excluding hydrogens is 238 g/mol. The number of carbonyl (C=O) groups is 1. The summed E-state index contributed by atoms with van der Waals surface area (Å²) in [6.45, 7) is 9.65. The van der Waals surface area contributed by atoms with Crippen molar-refractivity contribution in [2.24, 2.45) is 5.73 Å². The van der Waals surface area contributed by atoms with Crippen molar-refractivity contribution in [2.45, 2.75) is 40.3 Å². The van der Waals surface area contributed by atoms with Gasteiger partial charge in [-0.15, -0.1) is 0 Å². The van der Waals surface area contributed by atoms with Crippen LogP contribution in [0, 0.1) is 6.92 Å². The van der Waals surface area contributed by atoms with Gasteiger partial charge in [0.25, 0.3) is 0 Å². The third kappa shape index (κ3) is 4.56. The van der Waals surface area contributed by atoms with E-state index in [0.717, 1.165) is 17.8 Å². The molecule has 0 saturated heterocycles. The second-order valence-corrected chi connectivity index (χ2v) is 5.07. The Morgan fingerprint density at radius 3 is 2.63 bits per heavy atom. The van der Waals surface area contributed by atoms with Crippen LogP contribution < -0.4 is 16.0 Å². The fraction of sp³-hybridized carbons (Fsp3) is 0.533. The van der Waals surface area contributed by atoms with Crippen molar-refractivity contribution in [3.63, 3.8) is 0 Å². The van der Waals surface area contributed by atoms with E-state index in [1.165, 1.54) is 5.56 Å². The van der Waals surface area contributed by atoms with Crippen molar-refractivity contribution in [1.82, 2.24) is 5.32 Å². The number of likely N-dealkylation sites (N-methyl/N-ethyl adjacent to an activating group) is 1. The first-order valence-electron chi connectivity index (χ1n) is 6.81. The predicted octanol–water partition coefficient (Wildman–Crippen LogP) is 1.80. The summed E-state index contributed by atoms with van der Waals surface area (Å²) in [6.07, 6.45) is 0. The summed E-state index contributed by atoms with van der Waals surface area (Å²) in [5.74, 6) is 0.0429. The first-order valence-corrected chi connectivity index (χ1v) is 6.81. The van der Waals surface area contributed by atoms with E-state index in [0.29, 0.717) is 13.1 Å². The van der Waals surface area contributed by atoms with Gasteiger partial charge in [-0.1, -0.05) is 12.1 Å². The van der Waals surface area contributed by atoms with Gasteiger partial charge in [0, 0.05) is 24.8 Å². The lowest BCUT2D eigenvalue weighted by molar-refractivity contribution is -0.120. The van der Waals surface area contributed by atoms with Gasteiger partial charge in [0.1, 0.15) is 0 Å². The number of anilines is 1. The number of carbonyl (C=O) groups excluding carboxylic acids is 1. The van der Waals surface area contributed by atoms with Crippen molar-refractivity contribution in [3.8, 4) is 0 Å². The highest BCUT2D eigenvalue weighted by atomic mass is 16.2. The van der Waals surface area contributed by atoms with E-state index in [1.807, 2.05) is 39.8 Å². The lowest BCUT2D eigenvalue weighted by atomic mass is 10.1. The van der Waals surface area contributed by atoms with E-state index < -0.39 is 0 Å². The summed E-state index contributed by atoms with van der Waals surface area (Å²) in [6, 6.07) is 6.34. The Balaban J connectivity index is 2.90. The molecule has 4 nitrogen and oxygen atoms in total. The van der Waals surface area contributed by atoms with Gasteiger partial charge < -0.3 is 16.0 Å². The Kier molecular flexibility index (Phi) is 5.83. The standard InChI is InChI=1S/C15H25N3O/c1-5-18(10-15(19)17-11(2)3)14-8-12(4)6-7-13(14)9-16/h6-8,11H,5,9-10,16H2,1-4H3,(H,17,19). The summed E-state index contributed by atoms with van der Waals surface area (Å²) in [5.41, 5.74) is 9.09. The molecule has 0 fully saturated rings. The molecule has 19 heavy (non-hydrogen) atoms. The number of benzene rings is 1. The van der Waals surface area contributed by atoms with Crippen LogP contribution in [0.4, 0.5) is 5.69 Å². The maximum Gasteiger partial charge on any atom is 0.239 e. The van der Waals surface area contributed by atoms with Gasteiger partial charge in [-0.2, -0.15) is 0 Å². The Hall–Kier alpha value is -1.55. The number of hydrogen-bond acceptors (Lipinski definition) is 3. The van der Waals surface area contributed by atoms with Crippen LogP contribution >= 0.6 is 0 Å². The molecule has 0 radical (unpaired) electrons. The monoisotopic (exact) mass is 263 g/mol. The highest BCUT2D eigenvalue weighted by Gasteiger charge is 2.13. The molecule has 1 amide bonds. The fourth-order valence-corrected chi connectivity index (χ4v) is 2.05. The summed E-state index contributed by atoms with van der Waals surface area (Å²) in [7, 11) is 0. The van der Waals surface area contributed by atoms with Crippen LogP contribution in [-0.2, 0) is 11.3 Å². The molecule has 3 N–H and O–H groups in total. The van der Waals surface area contributed by atoms with Crippen molar-refractivity contribution in [3.05, 3.63) is 29.3 Å². The fourth-order valence-electron chi connectivity index (χ4n) is 2.05. The molecule has 106 valence electrons. The Labute approximate surface area is 116 Å². The average Bonchev–Trinajstić information content (AvgIpc) is 2.35. The van der Waals surface area contributed by atoms with Crippen LogP contribution in [0.3, 0.4) is 0 Å². The number of amides is 1. The zero-order chi connectivity index (χ0) is 14.4. The molecule has 4 heteroatoms. The zero-order valence-corrected chi connectivity index (χ0v) is 12.4. The van der Waals surface area contributed by atoms with Gasteiger partial charge in [-0.05, 0) is 44.9 Å². The lowest BCUT2D eigenvalue weighted by Gasteiger charge is -2.26. The Morgan fingerprint density at radius 2 is 2.11 bits per heavy atom. The minimum Gasteiger partial charge on any atom is -0.362 e. The summed E-state index contributed by atoms with van der Waals surface area (Å²) >= 11 is 0. The maximum atomic E-state index is 11.9. The van der Waals surface area contributed by atoms with Gasteiger partial charge in [-0.3, -0.25) is 4.79 Å². The molecular formula is C15H25N3O. The SMILES string of the molecule is CCN(CC(=O)NC(C)C)c1cc(C)ccc1CN. The molecule has 0 aliphatic heterocycles. The molecule has 0 bridgehead atoms. The van der Waals surface area contributed by atoms with Crippen molar-refractivity contribution >= 4 is 11.6 Å². The van der Waals surface area contributed by atoms with E-state index in [2.05, 4.69) is 16.3 Å². The molecule has 0 aromatic heterocycles. The Morgan fingerprint density at radius 1 is 1.42 bits per heavy atom. The van der Waals surface area contributed by atoms with Gasteiger partial charge in [0.05, 0.1) is 6.54 Å². The third-order valence-electron chi connectivity index (χ3n) is 2.97. The van der Waals surface area contributed by atoms with Crippen LogP contribution in [0.5, 0.6) is 0 Å². The number of nitrogens with two attached hydrogens (primary N) is 1. The Bertz CT molecular complexity index is 429. The molecule has 1 rings (SSSR count). The minimum absolute atomic E-state index is 0.0429. The molecule has 0 heterocycles. The lowest BCUT2D eigenvalue weighted by Crippen LogP contribution is -2.40. The van der Waals surface area contributed by atoms with Crippen LogP contribution in [0.2, 0.25) is 0 Å². The topological polar surface area (TPSA) is 58.4 Å². The maximum absolute atomic E-state index is 11.9. The minimum atomic E-state index is 0.0429. The van der Waals surface area contributed by atoms with Crippen molar-refractivity contribution < 1.29 is 4.79 Å². The van der Waals surface area contributed by atoms with Crippen LogP contribution in [0.1, 0.15) is 31.9 Å². The molecule has 0 spiro atoms. The molecule has 0 atom stereocenters. The normalized spacial score (nSPS) is 10.6. The predicted molar refractivity (Wildman–Crippen MR) is 80.2 cm³/mol. The van der Waals surface area contributed by atoms with E-state index >= 15 is 0 Å². The van der Waals surface area contributed by atoms with Crippen LogP contribution in [0.25, 0.3) is 0 Å². The number of aryl methyl sites for hydroxylation is 1. The number of nitrogens with one attached hydrogen (secondary N) is 1. The van der Waals surface area contributed by atoms with Crippen molar-refractivity contribution in [1.29, 1.82) is 0 Å². The second-order valence-electron chi connectivity index (χ2n) is 5.07. The third-order valence-corrected chi connectivity index (χ3v) is 2.97. The molecule has 0 aliphatic rings. The molecule has 1 aromatic carbocycles. The second kappa shape index (κ2) is 7.14. The molecule has 1 aromatic rings. The first-order chi connectivity index (χ1) is 8.97. The van der Waals surface area contributed by atoms with E-state index in [-0.39, 0.29) is 11.9 Å². The van der Waals surface area contributed by atoms with E-state index in [9.17, 15) is 4.79 Å². The van der Waals surface area contributed by atoms with E-state index in [4.69, 9.17) is 5.73 Å². The zero-order valence-electron chi connectivity index (χ0n) is 12.4. The number of rotatable bonds is 6. The highest BCUT2D eigenvalue weighted by Crippen LogP contribution is 2.21. The van der Waals surface area contributed by atoms with E-state index in [1.54, 1.807) is 0 Å². The van der Waals surface area contributed by atoms with Crippen molar-refractivity contribution in [2.75, 3.05) is 18.0 Å². The first kappa shape index (κ1) is 15.5. The summed E-state index contributed by atoms with van der Waals surface area (Å²) in [5, 5.41) is 2.92. The van der Waals surface area contributed by atoms with Gasteiger partial charge in [0.15, 0.2) is 0 Å². The quantitative estimate of drug-likeness (QED) is 0.823. The van der Waals surface area contributed by atoms with Gasteiger partial charge >= 0.3 is 0 Å². The van der Waals surface area contributed by atoms with Crippen LogP contribution in [0.15, 0.2) is 18.2 Å². The number of nitrogens with zero attached hydrogens (tertiary/aromatic N) is 1. The van der Waals surface area contributed by atoms with Gasteiger partial charge in [0.2, 0.25) is 5.91 Å². The molecule has 0 unspecified atom stereocenters. The number of hydrogen-bond donors (Lipinski definition) is 2. The largest absolute Gasteiger partial charge is 0.362 e. The summed E-state index contributed by atoms with van der Waals surface area (Å²) in [4.78, 5) is 14.0. The molecule has 0 aliphatic carbocycles.